The average Bonchev–Trinajstić information content (AvgIpc) is 2.96. The van der Waals surface area contributed by atoms with Crippen LogP contribution >= 0.6 is 22.6 Å². The maximum atomic E-state index is 12.4. The number of anilines is 1. The van der Waals surface area contributed by atoms with Crippen LogP contribution in [0.15, 0.2) is 60.7 Å². The van der Waals surface area contributed by atoms with Crippen LogP contribution in [0.4, 0.5) is 5.69 Å². The molecule has 0 aliphatic carbocycles. The zero-order valence-corrected chi connectivity index (χ0v) is 17.2. The van der Waals surface area contributed by atoms with E-state index in [2.05, 4.69) is 27.9 Å². The number of carbonyl (C=O) groups excluding carboxylic acids is 2. The molecule has 1 heterocycles. The van der Waals surface area contributed by atoms with Crippen molar-refractivity contribution < 1.29 is 14.3 Å². The predicted octanol–water partition coefficient (Wildman–Crippen LogP) is 4.49. The first-order valence-electron chi connectivity index (χ1n) is 8.42. The molecule has 0 aliphatic heterocycles. The van der Waals surface area contributed by atoms with Gasteiger partial charge in [-0.05, 0) is 78.9 Å². The second-order valence-corrected chi connectivity index (χ2v) is 7.33. The molecule has 0 saturated heterocycles. The first kappa shape index (κ1) is 19.2. The maximum Gasteiger partial charge on any atom is 0.340 e. The van der Waals surface area contributed by atoms with Crippen LogP contribution in [0.1, 0.15) is 21.7 Å². The largest absolute Gasteiger partial charge is 0.452 e. The Morgan fingerprint density at radius 1 is 1.04 bits per heavy atom. The number of nitrogens with zero attached hydrogens (tertiary/aromatic N) is 1. The lowest BCUT2D eigenvalue weighted by atomic mass is 10.2. The van der Waals surface area contributed by atoms with Crippen molar-refractivity contribution in [1.82, 2.24) is 4.57 Å². The van der Waals surface area contributed by atoms with E-state index in [4.69, 9.17) is 4.74 Å². The summed E-state index contributed by atoms with van der Waals surface area (Å²) in [4.78, 5) is 24.5. The summed E-state index contributed by atoms with van der Waals surface area (Å²) < 4.78 is 8.27. The van der Waals surface area contributed by atoms with Crippen molar-refractivity contribution in [2.75, 3.05) is 11.9 Å². The van der Waals surface area contributed by atoms with Gasteiger partial charge in [0.05, 0.1) is 5.56 Å². The van der Waals surface area contributed by atoms with Crippen LogP contribution in [0.2, 0.25) is 0 Å². The van der Waals surface area contributed by atoms with Gasteiger partial charge in [-0.25, -0.2) is 4.79 Å². The summed E-state index contributed by atoms with van der Waals surface area (Å²) in [6.07, 6.45) is 0. The number of hydrogen-bond donors (Lipinski definition) is 1. The van der Waals surface area contributed by atoms with Crippen molar-refractivity contribution in [1.29, 1.82) is 0 Å². The number of aryl methyl sites for hydroxylation is 1. The second kappa shape index (κ2) is 8.39. The highest BCUT2D eigenvalue weighted by molar-refractivity contribution is 14.1. The Hall–Kier alpha value is -2.61. The van der Waals surface area contributed by atoms with Gasteiger partial charge < -0.3 is 14.6 Å². The number of para-hydroxylation sites is 1. The number of esters is 1. The third-order valence-electron chi connectivity index (χ3n) is 4.13. The summed E-state index contributed by atoms with van der Waals surface area (Å²) in [5.41, 5.74) is 3.80. The van der Waals surface area contributed by atoms with Gasteiger partial charge in [0.25, 0.3) is 5.91 Å². The van der Waals surface area contributed by atoms with Crippen molar-refractivity contribution in [3.8, 4) is 5.69 Å². The van der Waals surface area contributed by atoms with Crippen molar-refractivity contribution >= 4 is 40.2 Å². The summed E-state index contributed by atoms with van der Waals surface area (Å²) in [5, 5.41) is 2.71. The van der Waals surface area contributed by atoms with Gasteiger partial charge >= 0.3 is 5.97 Å². The fraction of sp³-hybridized carbons (Fsp3) is 0.143. The third kappa shape index (κ3) is 4.57. The van der Waals surface area contributed by atoms with E-state index in [9.17, 15) is 9.59 Å². The smallest absolute Gasteiger partial charge is 0.340 e. The monoisotopic (exact) mass is 474 g/mol. The van der Waals surface area contributed by atoms with Gasteiger partial charge in [0, 0.05) is 26.3 Å². The Bertz CT molecular complexity index is 963. The number of amides is 1. The molecule has 1 aromatic heterocycles. The molecule has 27 heavy (non-hydrogen) atoms. The number of ether oxygens (including phenoxy) is 1. The molecule has 5 nitrogen and oxygen atoms in total. The molecule has 6 heteroatoms. The standard InChI is InChI=1S/C21H19IN2O3/c1-14-12-19(15(2)24(14)18-6-4-3-5-7-18)21(26)27-13-20(25)23-17-10-8-16(22)9-11-17/h3-12H,13H2,1-2H3,(H,23,25). The fourth-order valence-electron chi connectivity index (χ4n) is 2.88. The number of halogens is 1. The van der Waals surface area contributed by atoms with E-state index in [0.717, 1.165) is 20.6 Å². The summed E-state index contributed by atoms with van der Waals surface area (Å²) in [5.74, 6) is -0.885. The molecule has 0 atom stereocenters. The molecule has 0 bridgehead atoms. The van der Waals surface area contributed by atoms with E-state index < -0.39 is 5.97 Å². The molecule has 2 aromatic carbocycles. The quantitative estimate of drug-likeness (QED) is 0.438. The summed E-state index contributed by atoms with van der Waals surface area (Å²) in [7, 11) is 0. The Labute approximate surface area is 171 Å². The molecular formula is C21H19IN2O3. The second-order valence-electron chi connectivity index (χ2n) is 6.09. The van der Waals surface area contributed by atoms with E-state index in [-0.39, 0.29) is 12.5 Å². The van der Waals surface area contributed by atoms with Gasteiger partial charge in [-0.1, -0.05) is 18.2 Å². The van der Waals surface area contributed by atoms with Gasteiger partial charge in [-0.2, -0.15) is 0 Å². The molecule has 0 spiro atoms. The minimum atomic E-state index is -0.511. The van der Waals surface area contributed by atoms with Crippen LogP contribution < -0.4 is 5.32 Å². The van der Waals surface area contributed by atoms with Crippen molar-refractivity contribution in [2.45, 2.75) is 13.8 Å². The fourth-order valence-corrected chi connectivity index (χ4v) is 3.24. The Kier molecular flexibility index (Phi) is 5.95. The van der Waals surface area contributed by atoms with Crippen LogP contribution in [0.3, 0.4) is 0 Å². The highest BCUT2D eigenvalue weighted by Crippen LogP contribution is 2.21. The first-order chi connectivity index (χ1) is 13.0. The van der Waals surface area contributed by atoms with Crippen molar-refractivity contribution in [3.63, 3.8) is 0 Å². The SMILES string of the molecule is Cc1cc(C(=O)OCC(=O)Nc2ccc(I)cc2)c(C)n1-c1ccccc1. The molecule has 0 fully saturated rings. The summed E-state index contributed by atoms with van der Waals surface area (Å²) >= 11 is 2.19. The molecule has 3 rings (SSSR count). The van der Waals surface area contributed by atoms with Gasteiger partial charge in [-0.15, -0.1) is 0 Å². The lowest BCUT2D eigenvalue weighted by Gasteiger charge is -2.10. The molecule has 0 aliphatic rings. The van der Waals surface area contributed by atoms with E-state index in [1.165, 1.54) is 0 Å². The Balaban J connectivity index is 1.66. The number of benzene rings is 2. The van der Waals surface area contributed by atoms with Gasteiger partial charge in [0.1, 0.15) is 0 Å². The third-order valence-corrected chi connectivity index (χ3v) is 4.85. The normalized spacial score (nSPS) is 10.5. The molecule has 1 N–H and O–H groups in total. The van der Waals surface area contributed by atoms with Crippen molar-refractivity contribution in [3.05, 3.63) is 81.2 Å². The summed E-state index contributed by atoms with van der Waals surface area (Å²) in [6, 6.07) is 18.9. The number of carbonyl (C=O) groups is 2. The number of hydrogen-bond acceptors (Lipinski definition) is 3. The highest BCUT2D eigenvalue weighted by atomic mass is 127. The molecule has 1 amide bonds. The van der Waals surface area contributed by atoms with E-state index >= 15 is 0 Å². The van der Waals surface area contributed by atoms with Gasteiger partial charge in [-0.3, -0.25) is 4.79 Å². The lowest BCUT2D eigenvalue weighted by Crippen LogP contribution is -2.21. The van der Waals surface area contributed by atoms with Gasteiger partial charge in [0.15, 0.2) is 6.61 Å². The molecule has 0 unspecified atom stereocenters. The minimum absolute atomic E-state index is 0.334. The maximum absolute atomic E-state index is 12.4. The van der Waals surface area contributed by atoms with Gasteiger partial charge in [0.2, 0.25) is 0 Å². The van der Waals surface area contributed by atoms with Crippen molar-refractivity contribution in [2.24, 2.45) is 0 Å². The van der Waals surface area contributed by atoms with E-state index in [0.29, 0.717) is 11.3 Å². The summed E-state index contributed by atoms with van der Waals surface area (Å²) in [6.45, 7) is 3.46. The van der Waals surface area contributed by atoms with Crippen LogP contribution in [0.25, 0.3) is 5.69 Å². The van der Waals surface area contributed by atoms with Crippen LogP contribution in [-0.2, 0) is 9.53 Å². The zero-order valence-electron chi connectivity index (χ0n) is 15.0. The first-order valence-corrected chi connectivity index (χ1v) is 9.50. The topological polar surface area (TPSA) is 60.3 Å². The van der Waals surface area contributed by atoms with Crippen LogP contribution in [0, 0.1) is 17.4 Å². The van der Waals surface area contributed by atoms with Crippen LogP contribution in [0.5, 0.6) is 0 Å². The number of rotatable bonds is 5. The predicted molar refractivity (Wildman–Crippen MR) is 113 cm³/mol. The lowest BCUT2D eigenvalue weighted by molar-refractivity contribution is -0.119. The Morgan fingerprint density at radius 2 is 1.70 bits per heavy atom. The molecule has 3 aromatic rings. The minimum Gasteiger partial charge on any atom is -0.452 e. The van der Waals surface area contributed by atoms with Crippen LogP contribution in [-0.4, -0.2) is 23.1 Å². The molecule has 138 valence electrons. The Morgan fingerprint density at radius 3 is 2.37 bits per heavy atom. The number of aromatic nitrogens is 1. The molecular weight excluding hydrogens is 455 g/mol. The molecule has 0 radical (unpaired) electrons. The van der Waals surface area contributed by atoms with E-state index in [1.54, 1.807) is 18.2 Å². The number of nitrogens with one attached hydrogen (secondary N) is 1. The highest BCUT2D eigenvalue weighted by Gasteiger charge is 2.18. The van der Waals surface area contributed by atoms with E-state index in [1.807, 2.05) is 60.9 Å². The molecule has 0 saturated carbocycles. The zero-order chi connectivity index (χ0) is 19.4. The average molecular weight is 474 g/mol.